The van der Waals surface area contributed by atoms with Crippen LogP contribution in [0.3, 0.4) is 0 Å². The van der Waals surface area contributed by atoms with Crippen LogP contribution in [0, 0.1) is 10.1 Å². The second kappa shape index (κ2) is 9.37. The minimum atomic E-state index is -4.67. The molecule has 2 heterocycles. The van der Waals surface area contributed by atoms with Gasteiger partial charge >= 0.3 is 6.18 Å². The molecule has 1 aliphatic heterocycles. The van der Waals surface area contributed by atoms with Gasteiger partial charge in [0, 0.05) is 55.9 Å². The third-order valence-corrected chi connectivity index (χ3v) is 6.23. The number of hydrogen-bond donors (Lipinski definition) is 0. The van der Waals surface area contributed by atoms with Crippen molar-refractivity contribution in [3.8, 4) is 5.69 Å². The highest BCUT2D eigenvalue weighted by atomic mass is 32.2. The zero-order valence-corrected chi connectivity index (χ0v) is 18.8. The maximum Gasteiger partial charge on any atom is 0.416 e. The Morgan fingerprint density at radius 1 is 1.12 bits per heavy atom. The molecule has 0 N–H and O–H groups in total. The van der Waals surface area contributed by atoms with Crippen LogP contribution in [-0.2, 0) is 6.18 Å². The Hall–Kier alpha value is -3.54. The third kappa shape index (κ3) is 4.72. The van der Waals surface area contributed by atoms with Crippen molar-refractivity contribution in [3.05, 3.63) is 76.1 Å². The molecule has 8 nitrogen and oxygen atoms in total. The van der Waals surface area contributed by atoms with Gasteiger partial charge in [-0.2, -0.15) is 13.2 Å². The Balaban J connectivity index is 1.49. The van der Waals surface area contributed by atoms with Crippen molar-refractivity contribution in [3.63, 3.8) is 0 Å². The van der Waals surface area contributed by atoms with E-state index in [4.69, 9.17) is 0 Å². The highest BCUT2D eigenvalue weighted by Crippen LogP contribution is 2.36. The summed E-state index contributed by atoms with van der Waals surface area (Å²) in [6, 6.07) is 9.66. The first-order valence-electron chi connectivity index (χ1n) is 10.3. The molecule has 12 heteroatoms. The molecule has 2 aromatic carbocycles. The van der Waals surface area contributed by atoms with Gasteiger partial charge in [-0.25, -0.2) is 4.98 Å². The van der Waals surface area contributed by atoms with Crippen molar-refractivity contribution in [2.24, 2.45) is 0 Å². The highest BCUT2D eigenvalue weighted by Gasteiger charge is 2.34. The first kappa shape index (κ1) is 23.6. The Morgan fingerprint density at radius 2 is 1.85 bits per heavy atom. The summed E-state index contributed by atoms with van der Waals surface area (Å²) in [7, 11) is 0. The molecule has 0 bridgehead atoms. The number of halogens is 3. The molecule has 0 spiro atoms. The summed E-state index contributed by atoms with van der Waals surface area (Å²) in [5.74, 6) is -0.186. The number of nitro groups is 1. The van der Waals surface area contributed by atoms with Crippen LogP contribution >= 0.6 is 11.8 Å². The zero-order valence-electron chi connectivity index (χ0n) is 18.0. The SMILES string of the molecule is CSc1nccn1-c1cccc(C(=O)N2CCN(c3ccc(C(F)(F)F)cc3[N+](=O)[O-])CC2)c1. The van der Waals surface area contributed by atoms with Crippen molar-refractivity contribution < 1.29 is 22.9 Å². The number of carbonyl (C=O) groups excluding carboxylic acids is 1. The molecule has 1 fully saturated rings. The van der Waals surface area contributed by atoms with Gasteiger partial charge in [0.25, 0.3) is 11.6 Å². The van der Waals surface area contributed by atoms with Crippen molar-refractivity contribution in [2.75, 3.05) is 37.3 Å². The van der Waals surface area contributed by atoms with Crippen LogP contribution < -0.4 is 4.90 Å². The van der Waals surface area contributed by atoms with Crippen molar-refractivity contribution >= 4 is 29.0 Å². The Kier molecular flexibility index (Phi) is 6.51. The largest absolute Gasteiger partial charge is 0.416 e. The van der Waals surface area contributed by atoms with Gasteiger partial charge in [-0.05, 0) is 36.6 Å². The quantitative estimate of drug-likeness (QED) is 0.297. The molecule has 3 aromatic rings. The number of carbonyl (C=O) groups is 1. The van der Waals surface area contributed by atoms with E-state index in [-0.39, 0.29) is 37.8 Å². The standard InChI is InChI=1S/C22H20F3N5O3S/c1-34-21-26-7-8-29(21)17-4-2-3-15(13-17)20(31)28-11-9-27(10-12-28)18-6-5-16(22(23,24)25)14-19(18)30(32)33/h2-8,13-14H,9-12H2,1H3. The van der Waals surface area contributed by atoms with Crippen LogP contribution in [0.5, 0.6) is 0 Å². The lowest BCUT2D eigenvalue weighted by Gasteiger charge is -2.36. The van der Waals surface area contributed by atoms with Crippen molar-refractivity contribution in [2.45, 2.75) is 11.3 Å². The number of hydrogen-bond acceptors (Lipinski definition) is 6. The first-order chi connectivity index (χ1) is 16.2. The Morgan fingerprint density at radius 3 is 2.50 bits per heavy atom. The fourth-order valence-electron chi connectivity index (χ4n) is 3.87. The molecule has 0 radical (unpaired) electrons. The highest BCUT2D eigenvalue weighted by molar-refractivity contribution is 7.98. The van der Waals surface area contributed by atoms with E-state index in [1.807, 2.05) is 23.1 Å². The second-order valence-electron chi connectivity index (χ2n) is 7.57. The number of nitro benzene ring substituents is 1. The summed E-state index contributed by atoms with van der Waals surface area (Å²) in [6.45, 7) is 1.08. The second-order valence-corrected chi connectivity index (χ2v) is 8.35. The minimum Gasteiger partial charge on any atom is -0.362 e. The normalized spacial score (nSPS) is 14.4. The molecule has 178 valence electrons. The van der Waals surface area contributed by atoms with Crippen LogP contribution in [0.15, 0.2) is 60.0 Å². The third-order valence-electron chi connectivity index (χ3n) is 5.57. The van der Waals surface area contributed by atoms with Gasteiger partial charge in [0.1, 0.15) is 5.69 Å². The molecule has 1 saturated heterocycles. The molecule has 0 atom stereocenters. The molecular weight excluding hydrogens is 471 g/mol. The molecule has 1 aliphatic rings. The summed E-state index contributed by atoms with van der Waals surface area (Å²) in [4.78, 5) is 31.2. The van der Waals surface area contributed by atoms with Gasteiger partial charge in [0.15, 0.2) is 5.16 Å². The van der Waals surface area contributed by atoms with Gasteiger partial charge < -0.3 is 9.80 Å². The van der Waals surface area contributed by atoms with E-state index in [0.717, 1.165) is 23.0 Å². The molecule has 34 heavy (non-hydrogen) atoms. The predicted molar refractivity (Wildman–Crippen MR) is 122 cm³/mol. The molecule has 0 aliphatic carbocycles. The lowest BCUT2D eigenvalue weighted by Crippen LogP contribution is -2.49. The molecule has 1 amide bonds. The molecule has 1 aromatic heterocycles. The number of piperazine rings is 1. The van der Waals surface area contributed by atoms with Crippen molar-refractivity contribution in [1.82, 2.24) is 14.5 Å². The van der Waals surface area contributed by atoms with E-state index >= 15 is 0 Å². The fourth-order valence-corrected chi connectivity index (χ4v) is 4.40. The van der Waals surface area contributed by atoms with E-state index in [1.54, 1.807) is 34.2 Å². The van der Waals surface area contributed by atoms with Crippen LogP contribution in [0.25, 0.3) is 5.69 Å². The number of nitrogens with zero attached hydrogens (tertiary/aromatic N) is 5. The summed E-state index contributed by atoms with van der Waals surface area (Å²) < 4.78 is 40.8. The van der Waals surface area contributed by atoms with Gasteiger partial charge in [-0.3, -0.25) is 19.5 Å². The summed E-state index contributed by atoms with van der Waals surface area (Å²) in [6.07, 6.45) is 0.732. The summed E-state index contributed by atoms with van der Waals surface area (Å²) >= 11 is 1.48. The first-order valence-corrected chi connectivity index (χ1v) is 11.5. The number of alkyl halides is 3. The average Bonchev–Trinajstić information content (AvgIpc) is 3.32. The fraction of sp³-hybridized carbons (Fsp3) is 0.273. The van der Waals surface area contributed by atoms with Gasteiger partial charge in [0.2, 0.25) is 0 Å². The van der Waals surface area contributed by atoms with Crippen LogP contribution in [0.4, 0.5) is 24.5 Å². The maximum atomic E-state index is 13.1. The smallest absolute Gasteiger partial charge is 0.362 e. The number of rotatable bonds is 5. The van der Waals surface area contributed by atoms with E-state index in [2.05, 4.69) is 4.98 Å². The number of aromatic nitrogens is 2. The number of imidazole rings is 1. The topological polar surface area (TPSA) is 84.5 Å². The molecule has 4 rings (SSSR count). The zero-order chi connectivity index (χ0) is 24.5. The van der Waals surface area contributed by atoms with E-state index in [0.29, 0.717) is 11.6 Å². The molecular formula is C22H20F3N5O3S. The van der Waals surface area contributed by atoms with E-state index in [1.165, 1.54) is 11.8 Å². The van der Waals surface area contributed by atoms with Crippen LogP contribution in [0.1, 0.15) is 15.9 Å². The number of anilines is 1. The summed E-state index contributed by atoms with van der Waals surface area (Å²) in [5, 5.41) is 12.2. The van der Waals surface area contributed by atoms with E-state index in [9.17, 15) is 28.1 Å². The number of thioether (sulfide) groups is 1. The van der Waals surface area contributed by atoms with Gasteiger partial charge in [-0.15, -0.1) is 0 Å². The average molecular weight is 491 g/mol. The number of amides is 1. The molecule has 0 unspecified atom stereocenters. The Labute approximate surface area is 197 Å². The van der Waals surface area contributed by atoms with Gasteiger partial charge in [0.05, 0.1) is 10.5 Å². The minimum absolute atomic E-state index is 0.108. The van der Waals surface area contributed by atoms with Crippen LogP contribution in [0.2, 0.25) is 0 Å². The summed E-state index contributed by atoms with van der Waals surface area (Å²) in [5.41, 5.74) is -0.276. The van der Waals surface area contributed by atoms with E-state index < -0.39 is 22.4 Å². The number of benzene rings is 2. The monoisotopic (exact) mass is 491 g/mol. The maximum absolute atomic E-state index is 13.1. The van der Waals surface area contributed by atoms with Crippen LogP contribution in [-0.4, -0.2) is 57.7 Å². The van der Waals surface area contributed by atoms with Gasteiger partial charge in [-0.1, -0.05) is 17.8 Å². The lowest BCUT2D eigenvalue weighted by molar-refractivity contribution is -0.384. The molecule has 0 saturated carbocycles. The Bertz CT molecular complexity index is 1220. The lowest BCUT2D eigenvalue weighted by atomic mass is 10.1. The van der Waals surface area contributed by atoms with Crippen molar-refractivity contribution in [1.29, 1.82) is 0 Å². The predicted octanol–water partition coefficient (Wildman–Crippen LogP) is 4.48.